The van der Waals surface area contributed by atoms with E-state index >= 15 is 0 Å². The van der Waals surface area contributed by atoms with E-state index in [1.807, 2.05) is 6.92 Å². The molecule has 110 valence electrons. The van der Waals surface area contributed by atoms with Crippen molar-refractivity contribution >= 4 is 20.1 Å². The fourth-order valence-corrected chi connectivity index (χ4v) is 3.33. The molecule has 19 heavy (non-hydrogen) atoms. The zero-order valence-corrected chi connectivity index (χ0v) is 12.9. The molecule has 7 heteroatoms. The van der Waals surface area contributed by atoms with Crippen molar-refractivity contribution in [2.24, 2.45) is 10.9 Å². The third-order valence-electron chi connectivity index (χ3n) is 2.90. The summed E-state index contributed by atoms with van der Waals surface area (Å²) >= 11 is 0. The van der Waals surface area contributed by atoms with E-state index in [0.717, 1.165) is 31.4 Å². The van der Waals surface area contributed by atoms with Gasteiger partial charge in [-0.25, -0.2) is 0 Å². The Morgan fingerprint density at radius 2 is 2.26 bits per heavy atom. The standard InChI is InChI=1S/C12H24N3O3P/c1-4-17-12(16)11(13)8-6-7-9-15-10(3)14-18-19(15)5-2/h11H,4-9,13H2,1-3H3/t11-,19?/m0/s1. The maximum Gasteiger partial charge on any atom is 0.322 e. The fraction of sp³-hybridized carbons (Fsp3) is 0.833. The summed E-state index contributed by atoms with van der Waals surface area (Å²) < 4.78 is 12.4. The van der Waals surface area contributed by atoms with Gasteiger partial charge in [0.25, 0.3) is 0 Å². The summed E-state index contributed by atoms with van der Waals surface area (Å²) in [7, 11) is -0.589. The van der Waals surface area contributed by atoms with Crippen molar-refractivity contribution in [3.8, 4) is 0 Å². The molecule has 0 fully saturated rings. The number of esters is 1. The number of unbranched alkanes of at least 4 members (excludes halogenated alkanes) is 1. The van der Waals surface area contributed by atoms with Crippen molar-refractivity contribution in [1.82, 2.24) is 4.67 Å². The van der Waals surface area contributed by atoms with Crippen LogP contribution in [-0.4, -0.2) is 41.8 Å². The summed E-state index contributed by atoms with van der Waals surface area (Å²) in [6, 6.07) is -0.503. The number of carbonyl (C=O) groups is 1. The summed E-state index contributed by atoms with van der Waals surface area (Å²) in [6.07, 6.45) is 3.51. The van der Waals surface area contributed by atoms with E-state index in [-0.39, 0.29) is 5.97 Å². The van der Waals surface area contributed by atoms with E-state index in [2.05, 4.69) is 16.7 Å². The Bertz CT molecular complexity index is 325. The third-order valence-corrected chi connectivity index (χ3v) is 4.74. The topological polar surface area (TPSA) is 77.2 Å². The van der Waals surface area contributed by atoms with Gasteiger partial charge in [0.05, 0.1) is 6.61 Å². The molecule has 1 rings (SSSR count). The second kappa shape index (κ2) is 8.33. The van der Waals surface area contributed by atoms with Crippen LogP contribution >= 0.6 is 8.30 Å². The fourth-order valence-electron chi connectivity index (χ4n) is 1.85. The number of nitrogens with zero attached hydrogens (tertiary/aromatic N) is 2. The summed E-state index contributed by atoms with van der Waals surface area (Å²) in [4.78, 5) is 11.4. The van der Waals surface area contributed by atoms with E-state index in [9.17, 15) is 4.79 Å². The Morgan fingerprint density at radius 3 is 2.89 bits per heavy atom. The van der Waals surface area contributed by atoms with Gasteiger partial charge in [-0.1, -0.05) is 12.1 Å². The Labute approximate surface area is 116 Å². The average Bonchev–Trinajstić information content (AvgIpc) is 2.75. The quantitative estimate of drug-likeness (QED) is 0.420. The summed E-state index contributed by atoms with van der Waals surface area (Å²) in [5, 5.41) is 4.01. The van der Waals surface area contributed by atoms with Gasteiger partial charge in [-0.2, -0.15) is 0 Å². The number of amidine groups is 1. The molecule has 0 aromatic carbocycles. The molecule has 0 amide bonds. The minimum absolute atomic E-state index is 0.305. The number of ether oxygens (including phenoxy) is 1. The van der Waals surface area contributed by atoms with Gasteiger partial charge < -0.3 is 19.8 Å². The van der Waals surface area contributed by atoms with Crippen molar-refractivity contribution in [2.45, 2.75) is 46.1 Å². The van der Waals surface area contributed by atoms with Crippen LogP contribution < -0.4 is 5.73 Å². The minimum Gasteiger partial charge on any atom is -0.465 e. The number of hydrogen-bond donors (Lipinski definition) is 1. The monoisotopic (exact) mass is 289 g/mol. The highest BCUT2D eigenvalue weighted by molar-refractivity contribution is 7.51. The first-order chi connectivity index (χ1) is 9.10. The van der Waals surface area contributed by atoms with Crippen molar-refractivity contribution in [3.63, 3.8) is 0 Å². The first kappa shape index (κ1) is 16.2. The van der Waals surface area contributed by atoms with Gasteiger partial charge in [-0.05, 0) is 33.1 Å². The summed E-state index contributed by atoms with van der Waals surface area (Å²) in [6.45, 7) is 7.14. The Hall–Kier alpha value is -0.870. The summed E-state index contributed by atoms with van der Waals surface area (Å²) in [5.41, 5.74) is 5.75. The van der Waals surface area contributed by atoms with Gasteiger partial charge in [0.15, 0.2) is 0 Å². The molecule has 6 nitrogen and oxygen atoms in total. The first-order valence-electron chi connectivity index (χ1n) is 6.79. The molecule has 1 unspecified atom stereocenters. The van der Waals surface area contributed by atoms with Crippen molar-refractivity contribution in [2.75, 3.05) is 19.3 Å². The van der Waals surface area contributed by atoms with Crippen molar-refractivity contribution < 1.29 is 14.2 Å². The number of carbonyl (C=O) groups excluding carboxylic acids is 1. The third kappa shape index (κ3) is 4.96. The normalized spacial score (nSPS) is 19.9. The number of hydrogen-bond acceptors (Lipinski definition) is 6. The van der Waals surface area contributed by atoms with Crippen LogP contribution in [0.3, 0.4) is 0 Å². The van der Waals surface area contributed by atoms with E-state index in [1.165, 1.54) is 0 Å². The van der Waals surface area contributed by atoms with Crippen LogP contribution in [0.15, 0.2) is 5.16 Å². The highest BCUT2D eigenvalue weighted by Crippen LogP contribution is 2.45. The maximum atomic E-state index is 11.4. The molecule has 1 aliphatic heterocycles. The second-order valence-corrected chi connectivity index (χ2v) is 6.35. The average molecular weight is 289 g/mol. The van der Waals surface area contributed by atoms with Gasteiger partial charge >= 0.3 is 5.97 Å². The van der Waals surface area contributed by atoms with E-state index in [1.54, 1.807) is 6.92 Å². The van der Waals surface area contributed by atoms with Crippen LogP contribution in [0.4, 0.5) is 0 Å². The lowest BCUT2D eigenvalue weighted by molar-refractivity contribution is -0.144. The molecule has 0 spiro atoms. The predicted octanol–water partition coefficient (Wildman–Crippen LogP) is 2.04. The molecule has 0 aliphatic carbocycles. The Morgan fingerprint density at radius 1 is 1.53 bits per heavy atom. The van der Waals surface area contributed by atoms with Crippen LogP contribution in [0.1, 0.15) is 40.0 Å². The molecule has 0 saturated heterocycles. The van der Waals surface area contributed by atoms with Crippen LogP contribution in [0.5, 0.6) is 0 Å². The van der Waals surface area contributed by atoms with Crippen LogP contribution in [0.25, 0.3) is 0 Å². The molecule has 2 N–H and O–H groups in total. The maximum absolute atomic E-state index is 11.4. The molecule has 0 saturated carbocycles. The SMILES string of the molecule is CCOC(=O)[C@@H](N)CCCCN1C(C)=NOP1CC. The highest BCUT2D eigenvalue weighted by atomic mass is 31.2. The first-order valence-corrected chi connectivity index (χ1v) is 8.18. The van der Waals surface area contributed by atoms with Crippen molar-refractivity contribution in [1.29, 1.82) is 0 Å². The predicted molar refractivity (Wildman–Crippen MR) is 76.8 cm³/mol. The lowest BCUT2D eigenvalue weighted by atomic mass is 10.1. The molecule has 1 aliphatic rings. The molecule has 0 aromatic heterocycles. The lowest BCUT2D eigenvalue weighted by Crippen LogP contribution is -2.32. The second-order valence-electron chi connectivity index (χ2n) is 4.37. The van der Waals surface area contributed by atoms with Crippen LogP contribution in [-0.2, 0) is 14.2 Å². The number of nitrogens with two attached hydrogens (primary N) is 1. The molecule has 0 bridgehead atoms. The highest BCUT2D eigenvalue weighted by Gasteiger charge is 2.26. The number of oxime groups is 1. The molecular weight excluding hydrogens is 265 g/mol. The van der Waals surface area contributed by atoms with Crippen LogP contribution in [0, 0.1) is 0 Å². The van der Waals surface area contributed by atoms with Gasteiger partial charge in [-0.15, -0.1) is 0 Å². The molecule has 0 radical (unpaired) electrons. The van der Waals surface area contributed by atoms with Crippen LogP contribution in [0.2, 0.25) is 0 Å². The van der Waals surface area contributed by atoms with E-state index in [0.29, 0.717) is 13.0 Å². The molecule has 2 atom stereocenters. The Balaban J connectivity index is 2.20. The van der Waals surface area contributed by atoms with Gasteiger partial charge in [0.2, 0.25) is 8.30 Å². The largest absolute Gasteiger partial charge is 0.465 e. The summed E-state index contributed by atoms with van der Waals surface area (Å²) in [5.74, 6) is 0.642. The van der Waals surface area contributed by atoms with Gasteiger partial charge in [-0.3, -0.25) is 4.79 Å². The van der Waals surface area contributed by atoms with E-state index < -0.39 is 14.3 Å². The lowest BCUT2D eigenvalue weighted by Gasteiger charge is -2.21. The zero-order valence-electron chi connectivity index (χ0n) is 12.0. The van der Waals surface area contributed by atoms with Gasteiger partial charge in [0, 0.05) is 12.7 Å². The van der Waals surface area contributed by atoms with Gasteiger partial charge in [0.1, 0.15) is 11.9 Å². The number of rotatable bonds is 8. The van der Waals surface area contributed by atoms with Crippen molar-refractivity contribution in [3.05, 3.63) is 0 Å². The molecular formula is C12H24N3O3P. The smallest absolute Gasteiger partial charge is 0.322 e. The molecule has 1 heterocycles. The Kier molecular flexibility index (Phi) is 7.10. The zero-order chi connectivity index (χ0) is 14.3. The van der Waals surface area contributed by atoms with E-state index in [4.69, 9.17) is 15.1 Å². The molecule has 0 aromatic rings. The minimum atomic E-state index is -0.589.